The van der Waals surface area contributed by atoms with Gasteiger partial charge in [-0.3, -0.25) is 14.4 Å². The molecule has 1 saturated carbocycles. The van der Waals surface area contributed by atoms with Gasteiger partial charge in [-0.05, 0) is 89.3 Å². The molecule has 1 saturated heterocycles. The van der Waals surface area contributed by atoms with Crippen LogP contribution >= 0.6 is 0 Å². The van der Waals surface area contributed by atoms with E-state index in [2.05, 4.69) is 27.5 Å². The number of ether oxygens (including phenoxy) is 3. The van der Waals surface area contributed by atoms with Crippen molar-refractivity contribution in [2.24, 2.45) is 5.92 Å². The maximum atomic E-state index is 14.4. The maximum Gasteiger partial charge on any atom is 0.407 e. The summed E-state index contributed by atoms with van der Waals surface area (Å²) in [4.78, 5) is 73.4. The van der Waals surface area contributed by atoms with Gasteiger partial charge in [0, 0.05) is 19.5 Å². The number of Topliss-reactive ketones (excluding diaryl/α,β-unsaturated/α-hetero) is 1. The fourth-order valence-corrected chi connectivity index (χ4v) is 6.33. The number of amides is 4. The van der Waals surface area contributed by atoms with Crippen molar-refractivity contribution in [3.63, 3.8) is 0 Å². The van der Waals surface area contributed by atoms with Crippen molar-refractivity contribution in [3.8, 4) is 0 Å². The first kappa shape index (κ1) is 40.9. The number of likely N-dealkylation sites (tertiary alicyclic amines) is 1. The average molecular weight is 760 g/mol. The van der Waals surface area contributed by atoms with E-state index in [-0.39, 0.29) is 44.9 Å². The molecule has 5 rings (SSSR count). The highest BCUT2D eigenvalue weighted by atomic mass is 16.6. The molecule has 0 bridgehead atoms. The van der Waals surface area contributed by atoms with E-state index in [9.17, 15) is 24.0 Å². The number of nitrogens with zero attached hydrogens (tertiary/aromatic N) is 2. The number of aryl methyl sites for hydroxylation is 1. The van der Waals surface area contributed by atoms with Gasteiger partial charge in [-0.25, -0.2) is 14.6 Å². The lowest BCUT2D eigenvalue weighted by atomic mass is 10.0. The Morgan fingerprint density at radius 3 is 2.42 bits per heavy atom. The summed E-state index contributed by atoms with van der Waals surface area (Å²) in [6.45, 7) is 9.91. The van der Waals surface area contributed by atoms with E-state index in [0.717, 1.165) is 18.4 Å². The van der Waals surface area contributed by atoms with Crippen molar-refractivity contribution in [2.45, 2.75) is 102 Å². The number of alkyl carbamates (subject to hydrolysis) is 2. The Labute approximate surface area is 321 Å². The summed E-state index contributed by atoms with van der Waals surface area (Å²) in [5.74, 6) is -1.36. The Morgan fingerprint density at radius 2 is 1.71 bits per heavy atom. The van der Waals surface area contributed by atoms with Gasteiger partial charge in [0.25, 0.3) is 5.89 Å². The van der Waals surface area contributed by atoms with Crippen LogP contribution in [0.2, 0.25) is 0 Å². The zero-order valence-corrected chi connectivity index (χ0v) is 31.9. The number of rotatable bonds is 19. The minimum Gasteiger partial charge on any atom is -0.449 e. The summed E-state index contributed by atoms with van der Waals surface area (Å²) < 4.78 is 22.4. The summed E-state index contributed by atoms with van der Waals surface area (Å²) in [5, 5.41) is 8.36. The minimum absolute atomic E-state index is 0.0888. The highest BCUT2D eigenvalue weighted by molar-refractivity contribution is 6.01. The summed E-state index contributed by atoms with van der Waals surface area (Å²) in [6, 6.07) is 13.5. The zero-order chi connectivity index (χ0) is 39.4. The number of ketones is 1. The number of hydrogen-bond donors (Lipinski definition) is 3. The quantitative estimate of drug-likeness (QED) is 0.0803. The summed E-state index contributed by atoms with van der Waals surface area (Å²) >= 11 is 0. The van der Waals surface area contributed by atoms with Crippen LogP contribution in [-0.4, -0.2) is 95.8 Å². The maximum absolute atomic E-state index is 14.4. The first-order valence-electron chi connectivity index (χ1n) is 19.1. The van der Waals surface area contributed by atoms with Gasteiger partial charge in [-0.15, -0.1) is 6.58 Å². The second kappa shape index (κ2) is 19.4. The molecule has 1 aromatic heterocycles. The fourth-order valence-electron chi connectivity index (χ4n) is 6.33. The fraction of sp³-hybridized carbons (Fsp3) is 0.512. The van der Waals surface area contributed by atoms with Crippen molar-refractivity contribution in [2.75, 3.05) is 26.3 Å². The van der Waals surface area contributed by atoms with E-state index in [1.807, 2.05) is 30.3 Å². The Hall–Kier alpha value is -5.24. The van der Waals surface area contributed by atoms with Crippen LogP contribution in [-0.2, 0) is 30.2 Å². The predicted molar refractivity (Wildman–Crippen MR) is 204 cm³/mol. The molecule has 0 radical (unpaired) electrons. The Bertz CT molecular complexity index is 1750. The van der Waals surface area contributed by atoms with Gasteiger partial charge >= 0.3 is 12.2 Å². The first-order valence-corrected chi connectivity index (χ1v) is 19.1. The topological polar surface area (TPSA) is 178 Å². The molecule has 1 aliphatic heterocycles. The monoisotopic (exact) mass is 759 g/mol. The first-order chi connectivity index (χ1) is 26.4. The second-order valence-corrected chi connectivity index (χ2v) is 15.1. The molecule has 3 N–H and O–H groups in total. The summed E-state index contributed by atoms with van der Waals surface area (Å²) in [6.07, 6.45) is 3.89. The predicted octanol–water partition coefficient (Wildman–Crippen LogP) is 5.50. The van der Waals surface area contributed by atoms with Crippen LogP contribution in [0.1, 0.15) is 82.0 Å². The van der Waals surface area contributed by atoms with Crippen LogP contribution in [0.25, 0.3) is 11.1 Å². The SMILES string of the molecule is C=CCO[C@@H]1C[C@@H](C(=O)N[C@@H](CCCCNC(=O)OC(C)(C)C)C(=O)c2nc3ccccc3o2)N(C(=O)[C@@H](CCc2ccccc2)NC(=O)OCC2CC2)C1. The van der Waals surface area contributed by atoms with Crippen molar-refractivity contribution in [1.82, 2.24) is 25.8 Å². The van der Waals surface area contributed by atoms with Crippen LogP contribution in [0.15, 0.2) is 71.7 Å². The summed E-state index contributed by atoms with van der Waals surface area (Å²) in [7, 11) is 0. The summed E-state index contributed by atoms with van der Waals surface area (Å²) in [5.41, 5.74) is 1.26. The molecule has 3 aromatic rings. The molecule has 2 fully saturated rings. The molecule has 296 valence electrons. The van der Waals surface area contributed by atoms with Gasteiger partial charge in [-0.1, -0.05) is 48.5 Å². The number of carbonyl (C=O) groups excluding carboxylic acids is 5. The van der Waals surface area contributed by atoms with Crippen molar-refractivity contribution >= 4 is 40.9 Å². The lowest BCUT2D eigenvalue weighted by molar-refractivity contribution is -0.140. The zero-order valence-electron chi connectivity index (χ0n) is 31.9. The van der Waals surface area contributed by atoms with Crippen molar-refractivity contribution in [1.29, 1.82) is 0 Å². The van der Waals surface area contributed by atoms with Crippen LogP contribution in [0, 0.1) is 5.92 Å². The lowest BCUT2D eigenvalue weighted by Crippen LogP contribution is -2.55. The van der Waals surface area contributed by atoms with Gasteiger partial charge in [0.2, 0.25) is 17.6 Å². The minimum atomic E-state index is -1.06. The third kappa shape index (κ3) is 12.7. The smallest absolute Gasteiger partial charge is 0.407 e. The number of hydrogen-bond acceptors (Lipinski definition) is 10. The van der Waals surface area contributed by atoms with E-state index < -0.39 is 59.6 Å². The molecule has 4 amide bonds. The van der Waals surface area contributed by atoms with E-state index in [0.29, 0.717) is 42.8 Å². The molecule has 2 aromatic carbocycles. The molecule has 14 heteroatoms. The largest absolute Gasteiger partial charge is 0.449 e. The van der Waals surface area contributed by atoms with E-state index in [4.69, 9.17) is 18.6 Å². The number of fused-ring (bicyclic) bond motifs is 1. The molecule has 0 unspecified atom stereocenters. The van der Waals surface area contributed by atoms with E-state index in [1.165, 1.54) is 4.90 Å². The lowest BCUT2D eigenvalue weighted by Gasteiger charge is -2.29. The normalized spacial score (nSPS) is 17.9. The third-order valence-corrected chi connectivity index (χ3v) is 9.33. The van der Waals surface area contributed by atoms with Gasteiger partial charge < -0.3 is 39.5 Å². The van der Waals surface area contributed by atoms with Gasteiger partial charge in [0.1, 0.15) is 23.2 Å². The van der Waals surface area contributed by atoms with Crippen LogP contribution in [0.4, 0.5) is 9.59 Å². The number of aromatic nitrogens is 1. The van der Waals surface area contributed by atoms with Gasteiger partial charge in [-0.2, -0.15) is 0 Å². The number of carbonyl (C=O) groups is 5. The Balaban J connectivity index is 1.32. The van der Waals surface area contributed by atoms with Crippen LogP contribution in [0.3, 0.4) is 0 Å². The molecular formula is C41H53N5O9. The highest BCUT2D eigenvalue weighted by Crippen LogP contribution is 2.29. The molecule has 55 heavy (non-hydrogen) atoms. The molecular weight excluding hydrogens is 706 g/mol. The molecule has 0 spiro atoms. The Morgan fingerprint density at radius 1 is 0.964 bits per heavy atom. The second-order valence-electron chi connectivity index (χ2n) is 15.1. The van der Waals surface area contributed by atoms with Gasteiger partial charge in [0.15, 0.2) is 5.58 Å². The molecule has 2 heterocycles. The van der Waals surface area contributed by atoms with Crippen LogP contribution < -0.4 is 16.0 Å². The van der Waals surface area contributed by atoms with Gasteiger partial charge in [0.05, 0.1) is 25.4 Å². The Kier molecular flexibility index (Phi) is 14.4. The molecule has 14 nitrogen and oxygen atoms in total. The van der Waals surface area contributed by atoms with Crippen molar-refractivity contribution in [3.05, 3.63) is 78.7 Å². The number of nitrogens with one attached hydrogen (secondary N) is 3. The van der Waals surface area contributed by atoms with Crippen molar-refractivity contribution < 1.29 is 42.6 Å². The van der Waals surface area contributed by atoms with E-state index in [1.54, 1.807) is 51.1 Å². The molecule has 1 aliphatic carbocycles. The van der Waals surface area contributed by atoms with Crippen LogP contribution in [0.5, 0.6) is 0 Å². The molecule has 4 atom stereocenters. The van der Waals surface area contributed by atoms with E-state index >= 15 is 0 Å². The third-order valence-electron chi connectivity index (χ3n) is 9.33. The number of unbranched alkanes of at least 4 members (excludes halogenated alkanes) is 1. The number of para-hydroxylation sites is 2. The highest BCUT2D eigenvalue weighted by Gasteiger charge is 2.43. The standard InChI is InChI=1S/C41H53N5O9/c1-5-23-52-29-24-33(46(25-29)38(49)32(21-20-27-13-7-6-8-14-27)45-40(51)53-26-28-18-19-28)36(48)43-31(16-11-12-22-42-39(50)55-41(2,3)4)35(47)37-44-30-15-9-10-17-34(30)54-37/h5-10,13-15,17,28-29,31-33H,1,11-12,16,18-26H2,2-4H3,(H,42,50)(H,43,48)(H,45,51)/t29-,31+,32-,33+/m1/s1. The number of oxazole rings is 1. The average Bonchev–Trinajstić information content (AvgIpc) is 3.73. The molecule has 2 aliphatic rings. The number of benzene rings is 2.